The molecule has 1 aromatic carbocycles. The molecule has 0 fully saturated rings. The van der Waals surface area contributed by atoms with Crippen LogP contribution in [0.5, 0.6) is 0 Å². The summed E-state index contributed by atoms with van der Waals surface area (Å²) in [5.74, 6) is -0.0306. The lowest BCUT2D eigenvalue weighted by Crippen LogP contribution is -2.37. The van der Waals surface area contributed by atoms with Gasteiger partial charge in [-0.1, -0.05) is 6.92 Å². The Morgan fingerprint density at radius 1 is 0.970 bits per heavy atom. The van der Waals surface area contributed by atoms with Crippen LogP contribution in [0.15, 0.2) is 63.4 Å². The number of pyridine rings is 1. The molecule has 170 valence electrons. The molecule has 0 aliphatic carbocycles. The molecule has 3 aromatic heterocycles. The Hall–Kier alpha value is -4.06. The van der Waals surface area contributed by atoms with Crippen molar-refractivity contribution in [2.45, 2.75) is 18.2 Å². The summed E-state index contributed by atoms with van der Waals surface area (Å²) in [6, 6.07) is 7.60. The van der Waals surface area contributed by atoms with E-state index in [2.05, 4.69) is 25.0 Å². The monoisotopic (exact) mass is 467 g/mol. The third-order valence-electron chi connectivity index (χ3n) is 5.15. The Kier molecular flexibility index (Phi) is 5.68. The zero-order valence-electron chi connectivity index (χ0n) is 18.1. The number of hydrogen-bond acceptors (Lipinski definition) is 8. The first-order valence-corrected chi connectivity index (χ1v) is 11.5. The molecule has 4 rings (SSSR count). The van der Waals surface area contributed by atoms with Crippen molar-refractivity contribution >= 4 is 38.4 Å². The first-order chi connectivity index (χ1) is 15.7. The molecule has 33 heavy (non-hydrogen) atoms. The second-order valence-electron chi connectivity index (χ2n) is 7.24. The maximum absolute atomic E-state index is 12.9. The van der Waals surface area contributed by atoms with E-state index < -0.39 is 21.3 Å². The number of nitrogens with one attached hydrogen (secondary N) is 2. The molecule has 3 heterocycles. The molecule has 12 heteroatoms. The summed E-state index contributed by atoms with van der Waals surface area (Å²) in [4.78, 5) is 37.3. The van der Waals surface area contributed by atoms with Crippen LogP contribution in [-0.2, 0) is 30.5 Å². The lowest BCUT2D eigenvalue weighted by molar-refractivity contribution is 0.601. The molecule has 0 aliphatic heterocycles. The van der Waals surface area contributed by atoms with Gasteiger partial charge in [0.1, 0.15) is 5.39 Å². The minimum atomic E-state index is -3.88. The number of anilines is 3. The molecule has 0 radical (unpaired) electrons. The number of hydrogen-bond donors (Lipinski definition) is 2. The van der Waals surface area contributed by atoms with Gasteiger partial charge in [-0.3, -0.25) is 13.9 Å². The van der Waals surface area contributed by atoms with Gasteiger partial charge >= 0.3 is 5.69 Å². The van der Waals surface area contributed by atoms with E-state index in [4.69, 9.17) is 0 Å². The summed E-state index contributed by atoms with van der Waals surface area (Å²) >= 11 is 0. The summed E-state index contributed by atoms with van der Waals surface area (Å²) in [5.41, 5.74) is 1.17. The van der Waals surface area contributed by atoms with Gasteiger partial charge < -0.3 is 5.32 Å². The van der Waals surface area contributed by atoms with Crippen molar-refractivity contribution in [3.05, 3.63) is 75.3 Å². The Balaban J connectivity index is 1.73. The van der Waals surface area contributed by atoms with Crippen LogP contribution in [0.2, 0.25) is 0 Å². The van der Waals surface area contributed by atoms with Gasteiger partial charge in [-0.15, -0.1) is 0 Å². The summed E-state index contributed by atoms with van der Waals surface area (Å²) in [6.07, 6.45) is 5.07. The zero-order chi connectivity index (χ0) is 23.8. The van der Waals surface area contributed by atoms with Gasteiger partial charge in [-0.25, -0.2) is 32.9 Å². The zero-order valence-corrected chi connectivity index (χ0v) is 18.9. The van der Waals surface area contributed by atoms with Crippen LogP contribution in [0, 0.1) is 0 Å². The van der Waals surface area contributed by atoms with E-state index in [0.717, 1.165) is 10.1 Å². The largest absolute Gasteiger partial charge is 0.354 e. The van der Waals surface area contributed by atoms with Crippen LogP contribution in [0.25, 0.3) is 11.0 Å². The molecule has 4 aromatic rings. The van der Waals surface area contributed by atoms with E-state index in [9.17, 15) is 18.0 Å². The predicted octanol–water partition coefficient (Wildman–Crippen LogP) is 1.53. The summed E-state index contributed by atoms with van der Waals surface area (Å²) in [5, 5.41) is 3.48. The second-order valence-corrected chi connectivity index (χ2v) is 8.93. The van der Waals surface area contributed by atoms with Crippen molar-refractivity contribution in [3.8, 4) is 0 Å². The highest BCUT2D eigenvalue weighted by molar-refractivity contribution is 7.92. The lowest BCUT2D eigenvalue weighted by atomic mass is 10.1. The summed E-state index contributed by atoms with van der Waals surface area (Å²) < 4.78 is 29.9. The molecule has 0 saturated carbocycles. The molecule has 0 spiro atoms. The molecular formula is C21H21N7O4S. The number of nitrogens with zero attached hydrogens (tertiary/aromatic N) is 5. The van der Waals surface area contributed by atoms with Gasteiger partial charge in [0.2, 0.25) is 5.95 Å². The molecule has 0 aliphatic rings. The first-order valence-electron chi connectivity index (χ1n) is 9.97. The highest BCUT2D eigenvalue weighted by Gasteiger charge is 2.18. The third kappa shape index (κ3) is 4.07. The molecule has 11 nitrogen and oxygen atoms in total. The van der Waals surface area contributed by atoms with Gasteiger partial charge in [-0.2, -0.15) is 0 Å². The highest BCUT2D eigenvalue weighted by Crippen LogP contribution is 2.27. The smallest absolute Gasteiger partial charge is 0.332 e. The van der Waals surface area contributed by atoms with Crippen molar-refractivity contribution in [1.29, 1.82) is 0 Å². The molecule has 0 saturated heterocycles. The van der Waals surface area contributed by atoms with Crippen LogP contribution in [0.1, 0.15) is 12.5 Å². The van der Waals surface area contributed by atoms with E-state index in [1.807, 2.05) is 6.92 Å². The van der Waals surface area contributed by atoms with E-state index in [1.165, 1.54) is 36.1 Å². The van der Waals surface area contributed by atoms with Gasteiger partial charge in [0.15, 0.2) is 5.65 Å². The van der Waals surface area contributed by atoms with E-state index in [1.54, 1.807) is 31.4 Å². The number of benzene rings is 1. The SMILES string of the molecule is CCc1cnc2c(c1Nc1ccc(S(=O)(=O)Nc3ncccn3)cc1)c(=O)n(C)c(=O)n2C. The molecule has 0 bridgehead atoms. The van der Waals surface area contributed by atoms with E-state index in [0.29, 0.717) is 17.8 Å². The predicted molar refractivity (Wildman–Crippen MR) is 124 cm³/mol. The molecule has 0 unspecified atom stereocenters. The number of rotatable bonds is 6. The molecular weight excluding hydrogens is 446 g/mol. The van der Waals surface area contributed by atoms with Crippen LogP contribution in [0.4, 0.5) is 17.3 Å². The molecule has 0 atom stereocenters. The van der Waals surface area contributed by atoms with Crippen molar-refractivity contribution < 1.29 is 8.42 Å². The van der Waals surface area contributed by atoms with Crippen LogP contribution in [-0.4, -0.2) is 32.5 Å². The maximum atomic E-state index is 12.9. The summed E-state index contributed by atoms with van der Waals surface area (Å²) in [6.45, 7) is 1.92. The van der Waals surface area contributed by atoms with Gasteiger partial charge in [0.25, 0.3) is 15.6 Å². The minimum absolute atomic E-state index is 0.0223. The number of aryl methyl sites for hydroxylation is 2. The fourth-order valence-electron chi connectivity index (χ4n) is 3.37. The normalized spacial score (nSPS) is 11.5. The highest BCUT2D eigenvalue weighted by atomic mass is 32.2. The quantitative estimate of drug-likeness (QED) is 0.435. The fraction of sp³-hybridized carbons (Fsp3) is 0.190. The van der Waals surface area contributed by atoms with Crippen molar-refractivity contribution in [2.24, 2.45) is 14.1 Å². The van der Waals surface area contributed by atoms with Crippen LogP contribution >= 0.6 is 0 Å². The standard InChI is InChI=1S/C21H21N7O4S/c1-4-13-12-24-18-16(19(29)28(3)21(30)27(18)2)17(13)25-14-6-8-15(9-7-14)33(31,32)26-20-22-10-5-11-23-20/h5-12H,4H2,1-3H3,(H,24,25)(H,22,23,26). The van der Waals surface area contributed by atoms with E-state index in [-0.39, 0.29) is 21.9 Å². The summed E-state index contributed by atoms with van der Waals surface area (Å²) in [7, 11) is -0.914. The molecule has 0 amide bonds. The Bertz CT molecular complexity index is 1560. The van der Waals surface area contributed by atoms with Crippen molar-refractivity contribution in [1.82, 2.24) is 24.1 Å². The average molecular weight is 468 g/mol. The Morgan fingerprint density at radius 3 is 2.27 bits per heavy atom. The van der Waals surface area contributed by atoms with Gasteiger partial charge in [-0.05, 0) is 42.3 Å². The number of aromatic nitrogens is 5. The first kappa shape index (κ1) is 22.1. The molecule has 2 N–H and O–H groups in total. The van der Waals surface area contributed by atoms with Crippen molar-refractivity contribution in [3.63, 3.8) is 0 Å². The Labute approximate surface area is 188 Å². The van der Waals surface area contributed by atoms with E-state index >= 15 is 0 Å². The fourth-order valence-corrected chi connectivity index (χ4v) is 4.33. The lowest BCUT2D eigenvalue weighted by Gasteiger charge is -2.16. The van der Waals surface area contributed by atoms with Gasteiger partial charge in [0, 0.05) is 38.4 Å². The topological polar surface area (TPSA) is 141 Å². The van der Waals surface area contributed by atoms with Crippen molar-refractivity contribution in [2.75, 3.05) is 10.0 Å². The Morgan fingerprint density at radius 2 is 1.64 bits per heavy atom. The van der Waals surface area contributed by atoms with Gasteiger partial charge in [0.05, 0.1) is 10.6 Å². The number of sulfonamides is 1. The second kappa shape index (κ2) is 8.47. The number of fused-ring (bicyclic) bond motifs is 1. The third-order valence-corrected chi connectivity index (χ3v) is 6.50. The minimum Gasteiger partial charge on any atom is -0.354 e. The van der Waals surface area contributed by atoms with Crippen LogP contribution < -0.4 is 21.3 Å². The van der Waals surface area contributed by atoms with Crippen LogP contribution in [0.3, 0.4) is 0 Å². The average Bonchev–Trinajstić information content (AvgIpc) is 2.82. The maximum Gasteiger partial charge on any atom is 0.332 e.